The Kier molecular flexibility index (Phi) is 5.98. The lowest BCUT2D eigenvalue weighted by Crippen LogP contribution is -2.10. The number of aromatic nitrogens is 2. The van der Waals surface area contributed by atoms with Crippen molar-refractivity contribution in [2.24, 2.45) is 0 Å². The molecule has 6 heteroatoms. The van der Waals surface area contributed by atoms with Crippen molar-refractivity contribution in [2.75, 3.05) is 24.3 Å². The van der Waals surface area contributed by atoms with Gasteiger partial charge in [0.2, 0.25) is 5.95 Å². The molecular weight excluding hydrogens is 331 g/mol. The average molecular weight is 352 g/mol. The second kappa shape index (κ2) is 8.80. The molecule has 1 heterocycles. The van der Waals surface area contributed by atoms with Crippen LogP contribution in [0.1, 0.15) is 11.1 Å². The van der Waals surface area contributed by atoms with Gasteiger partial charge in [-0.15, -0.1) is 0 Å². The van der Waals surface area contributed by atoms with Crippen molar-refractivity contribution in [3.8, 4) is 5.75 Å². The summed E-state index contributed by atoms with van der Waals surface area (Å²) in [5, 5.41) is 6.32. The van der Waals surface area contributed by atoms with Crippen LogP contribution in [0.15, 0.2) is 60.8 Å². The van der Waals surface area contributed by atoms with E-state index in [1.165, 1.54) is 6.07 Å². The molecule has 2 N–H and O–H groups in total. The number of methoxy groups -OCH3 is 1. The number of para-hydroxylation sites is 1. The fraction of sp³-hybridized carbons (Fsp3) is 0.200. The van der Waals surface area contributed by atoms with E-state index >= 15 is 0 Å². The van der Waals surface area contributed by atoms with Crippen molar-refractivity contribution in [3.05, 3.63) is 77.7 Å². The van der Waals surface area contributed by atoms with Gasteiger partial charge < -0.3 is 15.4 Å². The highest BCUT2D eigenvalue weighted by molar-refractivity contribution is 5.41. The number of hydrogen-bond acceptors (Lipinski definition) is 5. The zero-order chi connectivity index (χ0) is 18.2. The summed E-state index contributed by atoms with van der Waals surface area (Å²) < 4.78 is 19.0. The lowest BCUT2D eigenvalue weighted by molar-refractivity contribution is 0.410. The summed E-state index contributed by atoms with van der Waals surface area (Å²) in [6.07, 6.45) is 2.46. The maximum Gasteiger partial charge on any atom is 0.224 e. The van der Waals surface area contributed by atoms with Crippen LogP contribution in [0.5, 0.6) is 5.75 Å². The van der Waals surface area contributed by atoms with Crippen molar-refractivity contribution >= 4 is 11.8 Å². The van der Waals surface area contributed by atoms with E-state index in [-0.39, 0.29) is 5.82 Å². The SMILES string of the molecule is COc1ccccc1CCNc1nccc(NCc2ccccc2F)n1. The summed E-state index contributed by atoms with van der Waals surface area (Å²) in [6.45, 7) is 1.04. The fourth-order valence-electron chi connectivity index (χ4n) is 2.59. The molecule has 0 fully saturated rings. The van der Waals surface area contributed by atoms with E-state index in [1.807, 2.05) is 30.3 Å². The molecule has 3 aromatic rings. The van der Waals surface area contributed by atoms with Crippen LogP contribution in [-0.2, 0) is 13.0 Å². The summed E-state index contributed by atoms with van der Waals surface area (Å²) >= 11 is 0. The molecule has 0 unspecified atom stereocenters. The Balaban J connectivity index is 1.55. The molecule has 1 aromatic heterocycles. The Morgan fingerprint density at radius 1 is 0.962 bits per heavy atom. The van der Waals surface area contributed by atoms with E-state index < -0.39 is 0 Å². The zero-order valence-electron chi connectivity index (χ0n) is 14.6. The van der Waals surface area contributed by atoms with Crippen LogP contribution in [-0.4, -0.2) is 23.6 Å². The molecule has 0 aliphatic heterocycles. The minimum atomic E-state index is -0.232. The number of halogens is 1. The lowest BCUT2D eigenvalue weighted by Gasteiger charge is -2.10. The molecule has 0 atom stereocenters. The standard InChI is InChI=1S/C20H21FN4O/c1-26-18-9-5-3-6-15(18)10-12-22-20-23-13-11-19(25-20)24-14-16-7-2-4-8-17(16)21/h2-9,11,13H,10,12,14H2,1H3,(H2,22,23,24,25). The number of nitrogens with zero attached hydrogens (tertiary/aromatic N) is 2. The Morgan fingerprint density at radius 2 is 1.73 bits per heavy atom. The maximum absolute atomic E-state index is 13.7. The van der Waals surface area contributed by atoms with Crippen molar-refractivity contribution in [1.29, 1.82) is 0 Å². The van der Waals surface area contributed by atoms with Gasteiger partial charge in [-0.1, -0.05) is 36.4 Å². The first-order valence-corrected chi connectivity index (χ1v) is 8.42. The van der Waals surface area contributed by atoms with E-state index in [4.69, 9.17) is 4.74 Å². The summed E-state index contributed by atoms with van der Waals surface area (Å²) in [7, 11) is 1.67. The number of hydrogen-bond donors (Lipinski definition) is 2. The Hall–Kier alpha value is -3.15. The van der Waals surface area contributed by atoms with Crippen LogP contribution >= 0.6 is 0 Å². The van der Waals surface area contributed by atoms with E-state index in [0.29, 0.717) is 30.4 Å². The first-order chi connectivity index (χ1) is 12.8. The zero-order valence-corrected chi connectivity index (χ0v) is 14.6. The topological polar surface area (TPSA) is 59.1 Å². The molecule has 0 amide bonds. The van der Waals surface area contributed by atoms with Gasteiger partial charge in [-0.25, -0.2) is 9.37 Å². The van der Waals surface area contributed by atoms with E-state index in [0.717, 1.165) is 17.7 Å². The van der Waals surface area contributed by atoms with Gasteiger partial charge in [-0.3, -0.25) is 0 Å². The highest BCUT2D eigenvalue weighted by atomic mass is 19.1. The largest absolute Gasteiger partial charge is 0.496 e. The van der Waals surface area contributed by atoms with Crippen LogP contribution in [0.3, 0.4) is 0 Å². The third-order valence-corrected chi connectivity index (χ3v) is 3.94. The highest BCUT2D eigenvalue weighted by Crippen LogP contribution is 2.18. The van der Waals surface area contributed by atoms with Crippen molar-refractivity contribution in [3.63, 3.8) is 0 Å². The monoisotopic (exact) mass is 352 g/mol. The smallest absolute Gasteiger partial charge is 0.224 e. The van der Waals surface area contributed by atoms with Crippen LogP contribution in [0.4, 0.5) is 16.2 Å². The highest BCUT2D eigenvalue weighted by Gasteiger charge is 2.04. The van der Waals surface area contributed by atoms with Gasteiger partial charge in [-0.2, -0.15) is 4.98 Å². The normalized spacial score (nSPS) is 10.4. The molecule has 5 nitrogen and oxygen atoms in total. The predicted octanol–water partition coefficient (Wildman–Crippen LogP) is 3.89. The molecule has 0 radical (unpaired) electrons. The molecule has 26 heavy (non-hydrogen) atoms. The molecule has 0 spiro atoms. The molecule has 0 saturated heterocycles. The minimum Gasteiger partial charge on any atom is -0.496 e. The van der Waals surface area contributed by atoms with Crippen molar-refractivity contribution in [1.82, 2.24) is 9.97 Å². The molecule has 0 bridgehead atoms. The molecule has 134 valence electrons. The third-order valence-electron chi connectivity index (χ3n) is 3.94. The van der Waals surface area contributed by atoms with E-state index in [1.54, 1.807) is 31.5 Å². The van der Waals surface area contributed by atoms with Crippen molar-refractivity contribution in [2.45, 2.75) is 13.0 Å². The van der Waals surface area contributed by atoms with Gasteiger partial charge in [0.15, 0.2) is 0 Å². The predicted molar refractivity (Wildman–Crippen MR) is 101 cm³/mol. The first-order valence-electron chi connectivity index (χ1n) is 8.42. The quantitative estimate of drug-likeness (QED) is 0.644. The lowest BCUT2D eigenvalue weighted by atomic mass is 10.1. The van der Waals surface area contributed by atoms with Crippen molar-refractivity contribution < 1.29 is 9.13 Å². The van der Waals surface area contributed by atoms with Crippen LogP contribution < -0.4 is 15.4 Å². The number of benzene rings is 2. The summed E-state index contributed by atoms with van der Waals surface area (Å²) in [6, 6.07) is 16.3. The van der Waals surface area contributed by atoms with Gasteiger partial charge in [0.05, 0.1) is 7.11 Å². The number of anilines is 2. The summed E-state index contributed by atoms with van der Waals surface area (Å²) in [5.41, 5.74) is 1.72. The van der Waals surface area contributed by atoms with Gasteiger partial charge in [0, 0.05) is 24.8 Å². The molecule has 2 aromatic carbocycles. The molecular formula is C20H21FN4O. The second-order valence-electron chi connectivity index (χ2n) is 5.70. The Morgan fingerprint density at radius 3 is 2.54 bits per heavy atom. The number of nitrogens with one attached hydrogen (secondary N) is 2. The van der Waals surface area contributed by atoms with Gasteiger partial charge in [-0.05, 0) is 30.2 Å². The minimum absolute atomic E-state index is 0.232. The Labute approximate surface area is 152 Å². The third kappa shape index (κ3) is 4.69. The summed E-state index contributed by atoms with van der Waals surface area (Å²) in [5.74, 6) is 1.81. The average Bonchev–Trinajstić information content (AvgIpc) is 2.68. The summed E-state index contributed by atoms with van der Waals surface area (Å²) in [4.78, 5) is 8.62. The first kappa shape index (κ1) is 17.7. The second-order valence-corrected chi connectivity index (χ2v) is 5.70. The number of ether oxygens (including phenoxy) is 1. The fourth-order valence-corrected chi connectivity index (χ4v) is 2.59. The Bertz CT molecular complexity index is 856. The maximum atomic E-state index is 13.7. The van der Waals surface area contributed by atoms with Crippen LogP contribution in [0.25, 0.3) is 0 Å². The van der Waals surface area contributed by atoms with E-state index in [9.17, 15) is 4.39 Å². The van der Waals surface area contributed by atoms with Gasteiger partial charge in [0.1, 0.15) is 17.4 Å². The van der Waals surface area contributed by atoms with Gasteiger partial charge >= 0.3 is 0 Å². The van der Waals surface area contributed by atoms with Gasteiger partial charge in [0.25, 0.3) is 0 Å². The van der Waals surface area contributed by atoms with E-state index in [2.05, 4.69) is 20.6 Å². The molecule has 0 saturated carbocycles. The van der Waals surface area contributed by atoms with Crippen LogP contribution in [0.2, 0.25) is 0 Å². The molecule has 0 aliphatic carbocycles. The molecule has 0 aliphatic rings. The molecule has 3 rings (SSSR count). The van der Waals surface area contributed by atoms with Crippen LogP contribution in [0, 0.1) is 5.82 Å². The number of rotatable bonds is 8.